The fourth-order valence-corrected chi connectivity index (χ4v) is 3.79. The van der Waals surface area contributed by atoms with E-state index in [9.17, 15) is 13.2 Å². The van der Waals surface area contributed by atoms with Crippen LogP contribution in [-0.4, -0.2) is 5.16 Å². The zero-order chi connectivity index (χ0) is 18.5. The van der Waals surface area contributed by atoms with Crippen molar-refractivity contribution in [1.29, 1.82) is 0 Å². The molecule has 134 valence electrons. The molecular weight excluding hydrogens is 339 g/mol. The maximum atomic E-state index is 13.6. The standard InChI is InChI=1S/C21H18F3NO/c1-12-3-8-17-16(12)9-10-18(21(22,23)24)20(17)15-6-4-14(5-7-15)19-11-13(2)26-25-19/h4-7,9-12H,3,8H2,1-2H3/t12-/m1/s1. The van der Waals surface area contributed by atoms with Gasteiger partial charge >= 0.3 is 6.18 Å². The Morgan fingerprint density at radius 2 is 1.73 bits per heavy atom. The van der Waals surface area contributed by atoms with Crippen LogP contribution in [0.2, 0.25) is 0 Å². The first kappa shape index (κ1) is 16.9. The van der Waals surface area contributed by atoms with Gasteiger partial charge in [0.25, 0.3) is 0 Å². The molecule has 0 saturated heterocycles. The number of alkyl halides is 3. The number of hydrogen-bond acceptors (Lipinski definition) is 2. The molecule has 0 saturated carbocycles. The normalized spacial score (nSPS) is 16.7. The maximum absolute atomic E-state index is 13.6. The Morgan fingerprint density at radius 3 is 2.35 bits per heavy atom. The van der Waals surface area contributed by atoms with E-state index >= 15 is 0 Å². The highest BCUT2D eigenvalue weighted by molar-refractivity contribution is 5.76. The predicted octanol–water partition coefficient (Wildman–Crippen LogP) is 6.39. The van der Waals surface area contributed by atoms with E-state index in [-0.39, 0.29) is 0 Å². The summed E-state index contributed by atoms with van der Waals surface area (Å²) in [6, 6.07) is 11.8. The lowest BCUT2D eigenvalue weighted by Gasteiger charge is -2.18. The third-order valence-corrected chi connectivity index (χ3v) is 5.11. The van der Waals surface area contributed by atoms with Gasteiger partial charge < -0.3 is 4.52 Å². The van der Waals surface area contributed by atoms with E-state index in [4.69, 9.17) is 4.52 Å². The monoisotopic (exact) mass is 357 g/mol. The second-order valence-corrected chi connectivity index (χ2v) is 6.89. The van der Waals surface area contributed by atoms with Gasteiger partial charge in [-0.15, -0.1) is 0 Å². The molecule has 0 amide bonds. The quantitative estimate of drug-likeness (QED) is 0.531. The zero-order valence-electron chi connectivity index (χ0n) is 14.5. The summed E-state index contributed by atoms with van der Waals surface area (Å²) >= 11 is 0. The van der Waals surface area contributed by atoms with Crippen LogP contribution in [0.3, 0.4) is 0 Å². The molecule has 0 spiro atoms. The second-order valence-electron chi connectivity index (χ2n) is 6.89. The highest BCUT2D eigenvalue weighted by atomic mass is 19.4. The molecule has 3 aromatic rings. The smallest absolute Gasteiger partial charge is 0.361 e. The van der Waals surface area contributed by atoms with Crippen LogP contribution in [0, 0.1) is 6.92 Å². The number of fused-ring (bicyclic) bond motifs is 1. The molecule has 1 aromatic heterocycles. The van der Waals surface area contributed by atoms with Crippen molar-refractivity contribution in [1.82, 2.24) is 5.16 Å². The van der Waals surface area contributed by atoms with Gasteiger partial charge in [0.15, 0.2) is 0 Å². The highest BCUT2D eigenvalue weighted by Crippen LogP contribution is 2.45. The van der Waals surface area contributed by atoms with Crippen LogP contribution in [-0.2, 0) is 12.6 Å². The number of aryl methyl sites for hydroxylation is 1. The summed E-state index contributed by atoms with van der Waals surface area (Å²) in [4.78, 5) is 0. The molecule has 2 nitrogen and oxygen atoms in total. The third kappa shape index (κ3) is 2.81. The van der Waals surface area contributed by atoms with Crippen LogP contribution >= 0.6 is 0 Å². The lowest BCUT2D eigenvalue weighted by Crippen LogP contribution is -2.09. The van der Waals surface area contributed by atoms with Crippen molar-refractivity contribution in [3.63, 3.8) is 0 Å². The Hall–Kier alpha value is -2.56. The van der Waals surface area contributed by atoms with Crippen molar-refractivity contribution in [3.05, 3.63) is 64.9 Å². The molecule has 0 unspecified atom stereocenters. The Balaban J connectivity index is 1.84. The van der Waals surface area contributed by atoms with Crippen LogP contribution in [0.1, 0.15) is 41.7 Å². The fourth-order valence-electron chi connectivity index (χ4n) is 3.79. The summed E-state index contributed by atoms with van der Waals surface area (Å²) in [5.74, 6) is 0.988. The number of rotatable bonds is 2. The lowest BCUT2D eigenvalue weighted by molar-refractivity contribution is -0.137. The van der Waals surface area contributed by atoms with Gasteiger partial charge in [0.05, 0.1) is 5.56 Å². The first-order chi connectivity index (χ1) is 12.3. The van der Waals surface area contributed by atoms with E-state index in [0.717, 1.165) is 23.1 Å². The van der Waals surface area contributed by atoms with Gasteiger partial charge in [-0.1, -0.05) is 42.4 Å². The van der Waals surface area contributed by atoms with E-state index in [0.29, 0.717) is 34.9 Å². The van der Waals surface area contributed by atoms with Gasteiger partial charge in [0, 0.05) is 11.6 Å². The molecule has 5 heteroatoms. The van der Waals surface area contributed by atoms with E-state index in [1.54, 1.807) is 43.3 Å². The van der Waals surface area contributed by atoms with Gasteiger partial charge in [0.2, 0.25) is 0 Å². The van der Waals surface area contributed by atoms with Gasteiger partial charge in [-0.25, -0.2) is 0 Å². The number of benzene rings is 2. The van der Waals surface area contributed by atoms with Gasteiger partial charge in [-0.3, -0.25) is 0 Å². The summed E-state index contributed by atoms with van der Waals surface area (Å²) in [5.41, 5.74) is 3.71. The lowest BCUT2D eigenvalue weighted by atomic mass is 9.90. The topological polar surface area (TPSA) is 26.0 Å². The molecular formula is C21H18F3NO. The molecule has 0 aliphatic heterocycles. The van der Waals surface area contributed by atoms with Crippen LogP contribution in [0.5, 0.6) is 0 Å². The Morgan fingerprint density at radius 1 is 1.04 bits per heavy atom. The van der Waals surface area contributed by atoms with Crippen LogP contribution < -0.4 is 0 Å². The predicted molar refractivity (Wildman–Crippen MR) is 93.9 cm³/mol. The molecule has 26 heavy (non-hydrogen) atoms. The molecule has 1 heterocycles. The molecule has 0 N–H and O–H groups in total. The summed E-state index contributed by atoms with van der Waals surface area (Å²) in [5, 5.41) is 3.96. The van der Waals surface area contributed by atoms with Crippen LogP contribution in [0.25, 0.3) is 22.4 Å². The average molecular weight is 357 g/mol. The van der Waals surface area contributed by atoms with E-state index < -0.39 is 11.7 Å². The molecule has 0 bridgehead atoms. The first-order valence-corrected chi connectivity index (χ1v) is 8.61. The molecule has 0 fully saturated rings. The summed E-state index contributed by atoms with van der Waals surface area (Å²) in [7, 11) is 0. The minimum absolute atomic E-state index is 0.295. The van der Waals surface area contributed by atoms with Gasteiger partial charge in [-0.05, 0) is 54.0 Å². The van der Waals surface area contributed by atoms with E-state index in [2.05, 4.69) is 12.1 Å². The van der Waals surface area contributed by atoms with Crippen molar-refractivity contribution in [2.24, 2.45) is 0 Å². The van der Waals surface area contributed by atoms with Crippen LogP contribution in [0.4, 0.5) is 13.2 Å². The van der Waals surface area contributed by atoms with Gasteiger partial charge in [-0.2, -0.15) is 13.2 Å². The minimum atomic E-state index is -4.38. The minimum Gasteiger partial charge on any atom is -0.361 e. The van der Waals surface area contributed by atoms with Crippen molar-refractivity contribution in [2.75, 3.05) is 0 Å². The molecule has 0 radical (unpaired) electrons. The van der Waals surface area contributed by atoms with Crippen molar-refractivity contribution < 1.29 is 17.7 Å². The SMILES string of the molecule is Cc1cc(-c2ccc(-c3c(C(F)(F)F)ccc4c3CC[C@H]4C)cc2)no1. The van der Waals surface area contributed by atoms with Crippen molar-refractivity contribution in [2.45, 2.75) is 38.8 Å². The molecule has 1 aliphatic carbocycles. The van der Waals surface area contributed by atoms with Gasteiger partial charge in [0.1, 0.15) is 11.5 Å². The summed E-state index contributed by atoms with van der Waals surface area (Å²) in [6.45, 7) is 3.87. The van der Waals surface area contributed by atoms with E-state index in [1.807, 2.05) is 0 Å². The summed E-state index contributed by atoms with van der Waals surface area (Å²) in [6.07, 6.45) is -2.81. The Bertz CT molecular complexity index is 954. The maximum Gasteiger partial charge on any atom is 0.417 e. The number of halogens is 3. The Kier molecular flexibility index (Phi) is 3.90. The summed E-state index contributed by atoms with van der Waals surface area (Å²) < 4.78 is 45.9. The molecule has 4 rings (SSSR count). The zero-order valence-corrected chi connectivity index (χ0v) is 14.5. The Labute approximate surface area is 149 Å². The van der Waals surface area contributed by atoms with Crippen molar-refractivity contribution in [3.8, 4) is 22.4 Å². The molecule has 1 atom stereocenters. The van der Waals surface area contributed by atoms with Crippen LogP contribution in [0.15, 0.2) is 47.0 Å². The fraction of sp³-hybridized carbons (Fsp3) is 0.286. The molecule has 1 aliphatic rings. The second kappa shape index (κ2) is 6.01. The number of hydrogen-bond donors (Lipinski definition) is 0. The third-order valence-electron chi connectivity index (χ3n) is 5.11. The highest BCUT2D eigenvalue weighted by Gasteiger charge is 2.36. The molecule has 2 aromatic carbocycles. The average Bonchev–Trinajstić information content (AvgIpc) is 3.20. The van der Waals surface area contributed by atoms with Crippen molar-refractivity contribution >= 4 is 0 Å². The number of nitrogens with zero attached hydrogens (tertiary/aromatic N) is 1. The first-order valence-electron chi connectivity index (χ1n) is 8.61. The number of aromatic nitrogens is 1. The largest absolute Gasteiger partial charge is 0.417 e. The van der Waals surface area contributed by atoms with E-state index in [1.165, 1.54) is 6.07 Å².